The van der Waals surface area contributed by atoms with Crippen LogP contribution in [-0.2, 0) is 6.54 Å². The summed E-state index contributed by atoms with van der Waals surface area (Å²) < 4.78 is 1.61. The second-order valence-electron chi connectivity index (χ2n) is 5.18. The van der Waals surface area contributed by atoms with Crippen LogP contribution < -0.4 is 11.0 Å². The largest absolute Gasteiger partial charge is 0.277 e. The number of hydrogen-bond donors (Lipinski definition) is 1. The summed E-state index contributed by atoms with van der Waals surface area (Å²) >= 11 is 0. The van der Waals surface area contributed by atoms with Crippen molar-refractivity contribution in [3.8, 4) is 0 Å². The number of rotatable bonds is 5. The van der Waals surface area contributed by atoms with Crippen LogP contribution in [0.25, 0.3) is 10.9 Å². The lowest BCUT2D eigenvalue weighted by molar-refractivity contribution is 0.717. The molecular weight excluding hydrogens is 264 g/mol. The number of para-hydroxylation sites is 1. The van der Waals surface area contributed by atoms with Gasteiger partial charge in [-0.15, -0.1) is 0 Å². The molecule has 0 spiro atoms. The lowest BCUT2D eigenvalue weighted by Gasteiger charge is -2.12. The number of benzene rings is 1. The number of fused-ring (bicyclic) bond motifs is 1. The van der Waals surface area contributed by atoms with Crippen LogP contribution in [0.3, 0.4) is 0 Å². The van der Waals surface area contributed by atoms with E-state index < -0.39 is 0 Å². The van der Waals surface area contributed by atoms with E-state index in [4.69, 9.17) is 0 Å². The van der Waals surface area contributed by atoms with Crippen molar-refractivity contribution in [2.24, 2.45) is 11.0 Å². The van der Waals surface area contributed by atoms with E-state index >= 15 is 0 Å². The van der Waals surface area contributed by atoms with Crippen LogP contribution in [0.1, 0.15) is 34.1 Å². The molecule has 0 amide bonds. The van der Waals surface area contributed by atoms with Gasteiger partial charge in [0.25, 0.3) is 5.56 Å². The molecule has 0 bridgehead atoms. The molecule has 0 fully saturated rings. The zero-order chi connectivity index (χ0) is 15.4. The van der Waals surface area contributed by atoms with Gasteiger partial charge in [-0.05, 0) is 38.3 Å². The lowest BCUT2D eigenvalue weighted by Crippen LogP contribution is -2.23. The SMILES string of the molecule is CC[C@H](C)/C(C)=N\Nc1nc2ccccc2c(=O)n1CC. The van der Waals surface area contributed by atoms with Crippen LogP contribution in [-0.4, -0.2) is 15.3 Å². The molecule has 5 nitrogen and oxygen atoms in total. The summed E-state index contributed by atoms with van der Waals surface area (Å²) in [6, 6.07) is 7.37. The molecule has 1 heterocycles. The smallest absolute Gasteiger partial charge is 0.262 e. The second-order valence-corrected chi connectivity index (χ2v) is 5.18. The Hall–Kier alpha value is -2.17. The first-order valence-corrected chi connectivity index (χ1v) is 7.38. The Morgan fingerprint density at radius 3 is 2.76 bits per heavy atom. The van der Waals surface area contributed by atoms with Crippen molar-refractivity contribution in [2.45, 2.75) is 40.7 Å². The highest BCUT2D eigenvalue weighted by Crippen LogP contribution is 2.11. The number of hydrazone groups is 1. The first-order chi connectivity index (χ1) is 10.1. The molecule has 0 saturated heterocycles. The standard InChI is InChI=1S/C16H22N4O/c1-5-11(3)12(4)18-19-16-17-14-10-8-7-9-13(14)15(21)20(16)6-2/h7-11H,5-6H2,1-4H3,(H,17,19)/b18-12-/t11-/m0/s1. The Morgan fingerprint density at radius 1 is 1.38 bits per heavy atom. The number of anilines is 1. The van der Waals surface area contributed by atoms with Gasteiger partial charge in [-0.25, -0.2) is 10.4 Å². The number of nitrogens with one attached hydrogen (secondary N) is 1. The monoisotopic (exact) mass is 286 g/mol. The number of aromatic nitrogens is 2. The van der Waals surface area contributed by atoms with Crippen LogP contribution >= 0.6 is 0 Å². The molecule has 1 N–H and O–H groups in total. The maximum absolute atomic E-state index is 12.4. The molecule has 5 heteroatoms. The van der Waals surface area contributed by atoms with Gasteiger partial charge in [-0.2, -0.15) is 5.10 Å². The van der Waals surface area contributed by atoms with Gasteiger partial charge in [0, 0.05) is 12.3 Å². The summed E-state index contributed by atoms with van der Waals surface area (Å²) in [7, 11) is 0. The van der Waals surface area contributed by atoms with E-state index in [9.17, 15) is 4.79 Å². The molecule has 2 rings (SSSR count). The molecule has 1 aromatic carbocycles. The average Bonchev–Trinajstić information content (AvgIpc) is 2.52. The van der Waals surface area contributed by atoms with E-state index in [0.29, 0.717) is 29.3 Å². The minimum Gasteiger partial charge on any atom is -0.277 e. The van der Waals surface area contributed by atoms with Gasteiger partial charge >= 0.3 is 0 Å². The molecule has 0 unspecified atom stereocenters. The molecule has 1 atom stereocenters. The van der Waals surface area contributed by atoms with Crippen molar-refractivity contribution in [1.29, 1.82) is 0 Å². The quantitative estimate of drug-likeness (QED) is 0.678. The summed E-state index contributed by atoms with van der Waals surface area (Å²) in [4.78, 5) is 17.0. The first-order valence-electron chi connectivity index (χ1n) is 7.38. The highest BCUT2D eigenvalue weighted by atomic mass is 16.1. The summed E-state index contributed by atoms with van der Waals surface area (Å²) in [6.45, 7) is 8.71. The van der Waals surface area contributed by atoms with Gasteiger partial charge in [0.1, 0.15) is 0 Å². The molecule has 0 aliphatic rings. The van der Waals surface area contributed by atoms with Gasteiger partial charge < -0.3 is 0 Å². The molecule has 1 aromatic heterocycles. The fourth-order valence-corrected chi connectivity index (χ4v) is 2.09. The molecule has 0 aliphatic carbocycles. The van der Waals surface area contributed by atoms with Gasteiger partial charge in [0.05, 0.1) is 10.9 Å². The molecular formula is C16H22N4O. The normalized spacial score (nSPS) is 13.4. The first kappa shape index (κ1) is 15.2. The van der Waals surface area contributed by atoms with E-state index in [0.717, 1.165) is 12.1 Å². The third-order valence-electron chi connectivity index (χ3n) is 3.84. The maximum atomic E-state index is 12.4. The highest BCUT2D eigenvalue weighted by Gasteiger charge is 2.09. The summed E-state index contributed by atoms with van der Waals surface area (Å²) in [5, 5.41) is 5.00. The third-order valence-corrected chi connectivity index (χ3v) is 3.84. The zero-order valence-corrected chi connectivity index (χ0v) is 13.1. The topological polar surface area (TPSA) is 59.3 Å². The summed E-state index contributed by atoms with van der Waals surface area (Å²) in [5.41, 5.74) is 4.60. The van der Waals surface area contributed by atoms with Crippen LogP contribution in [0, 0.1) is 5.92 Å². The van der Waals surface area contributed by atoms with E-state index in [2.05, 4.69) is 29.4 Å². The number of hydrogen-bond acceptors (Lipinski definition) is 4. The van der Waals surface area contributed by atoms with Crippen LogP contribution in [0.4, 0.5) is 5.95 Å². The summed E-state index contributed by atoms with van der Waals surface area (Å²) in [6.07, 6.45) is 1.03. The highest BCUT2D eigenvalue weighted by molar-refractivity contribution is 5.84. The Balaban J connectivity index is 2.46. The van der Waals surface area contributed by atoms with Crippen LogP contribution in [0.2, 0.25) is 0 Å². The predicted octanol–water partition coefficient (Wildman–Crippen LogP) is 3.25. The molecule has 0 saturated carbocycles. The fraction of sp³-hybridized carbons (Fsp3) is 0.438. The van der Waals surface area contributed by atoms with Crippen molar-refractivity contribution in [3.63, 3.8) is 0 Å². The Bertz CT molecular complexity index is 718. The lowest BCUT2D eigenvalue weighted by atomic mass is 10.1. The molecule has 21 heavy (non-hydrogen) atoms. The second kappa shape index (κ2) is 6.52. The van der Waals surface area contributed by atoms with Crippen molar-refractivity contribution < 1.29 is 0 Å². The molecule has 112 valence electrons. The Morgan fingerprint density at radius 2 is 2.10 bits per heavy atom. The Kier molecular flexibility index (Phi) is 4.73. The number of nitrogens with zero attached hydrogens (tertiary/aromatic N) is 3. The maximum Gasteiger partial charge on any atom is 0.262 e. The van der Waals surface area contributed by atoms with E-state index in [1.165, 1.54) is 0 Å². The van der Waals surface area contributed by atoms with Crippen molar-refractivity contribution in [1.82, 2.24) is 9.55 Å². The molecule has 2 aromatic rings. The van der Waals surface area contributed by atoms with Crippen LogP contribution in [0.15, 0.2) is 34.2 Å². The molecule has 0 radical (unpaired) electrons. The van der Waals surface area contributed by atoms with Gasteiger partial charge in [0.15, 0.2) is 0 Å². The predicted molar refractivity (Wildman–Crippen MR) is 87.9 cm³/mol. The minimum absolute atomic E-state index is 0.0398. The van der Waals surface area contributed by atoms with E-state index in [1.807, 2.05) is 32.0 Å². The van der Waals surface area contributed by atoms with Crippen molar-refractivity contribution in [3.05, 3.63) is 34.6 Å². The fourth-order valence-electron chi connectivity index (χ4n) is 2.09. The van der Waals surface area contributed by atoms with Crippen molar-refractivity contribution in [2.75, 3.05) is 5.43 Å². The van der Waals surface area contributed by atoms with Crippen molar-refractivity contribution >= 4 is 22.6 Å². The molecule has 0 aliphatic heterocycles. The van der Waals surface area contributed by atoms with Gasteiger partial charge in [0.2, 0.25) is 5.95 Å². The van der Waals surface area contributed by atoms with E-state index in [1.54, 1.807) is 10.6 Å². The average molecular weight is 286 g/mol. The van der Waals surface area contributed by atoms with Gasteiger partial charge in [-0.1, -0.05) is 26.0 Å². The van der Waals surface area contributed by atoms with Crippen LogP contribution in [0.5, 0.6) is 0 Å². The minimum atomic E-state index is -0.0398. The summed E-state index contributed by atoms with van der Waals surface area (Å²) in [5.74, 6) is 0.892. The Labute approximate surface area is 124 Å². The van der Waals surface area contributed by atoms with E-state index in [-0.39, 0.29) is 5.56 Å². The van der Waals surface area contributed by atoms with Gasteiger partial charge in [-0.3, -0.25) is 9.36 Å². The zero-order valence-electron chi connectivity index (χ0n) is 13.1. The third kappa shape index (κ3) is 3.12.